The first-order chi connectivity index (χ1) is 9.92. The summed E-state index contributed by atoms with van der Waals surface area (Å²) in [7, 11) is 0. The molecule has 20 heavy (non-hydrogen) atoms. The maximum Gasteiger partial charge on any atom is 0.0982 e. The molecule has 1 unspecified atom stereocenters. The Kier molecular flexibility index (Phi) is 3.06. The van der Waals surface area contributed by atoms with Gasteiger partial charge in [-0.1, -0.05) is 48.5 Å². The van der Waals surface area contributed by atoms with Crippen LogP contribution in [0.5, 0.6) is 0 Å². The van der Waals surface area contributed by atoms with E-state index in [1.54, 1.807) is 0 Å². The largest absolute Gasteiger partial charge is 0.298 e. The predicted octanol–water partition coefficient (Wildman–Crippen LogP) is 2.78. The third-order valence-corrected chi connectivity index (χ3v) is 4.30. The van der Waals surface area contributed by atoms with Crippen LogP contribution in [0.1, 0.15) is 28.4 Å². The van der Waals surface area contributed by atoms with Gasteiger partial charge in [0.05, 0.1) is 12.7 Å². The summed E-state index contributed by atoms with van der Waals surface area (Å²) in [5.41, 5.74) is 5.53. The van der Waals surface area contributed by atoms with Gasteiger partial charge in [0.15, 0.2) is 0 Å². The minimum absolute atomic E-state index is 0.272. The molecule has 0 amide bonds. The van der Waals surface area contributed by atoms with Crippen LogP contribution in [0.15, 0.2) is 48.5 Å². The molecule has 2 nitrogen and oxygen atoms in total. The first-order valence-electron chi connectivity index (χ1n) is 7.34. The summed E-state index contributed by atoms with van der Waals surface area (Å²) in [5, 5.41) is 3.64. The van der Waals surface area contributed by atoms with Crippen LogP contribution in [-0.4, -0.2) is 18.0 Å². The molecule has 0 fully saturated rings. The third-order valence-electron chi connectivity index (χ3n) is 4.30. The van der Waals surface area contributed by atoms with Crippen LogP contribution in [-0.2, 0) is 12.8 Å². The van der Waals surface area contributed by atoms with Crippen molar-refractivity contribution in [2.75, 3.05) is 13.1 Å². The Morgan fingerprint density at radius 2 is 1.75 bits per heavy atom. The second-order valence-corrected chi connectivity index (χ2v) is 5.52. The number of benzene rings is 2. The maximum atomic E-state index is 3.64. The van der Waals surface area contributed by atoms with E-state index in [1.807, 2.05) is 0 Å². The van der Waals surface area contributed by atoms with Gasteiger partial charge in [-0.05, 0) is 35.1 Å². The summed E-state index contributed by atoms with van der Waals surface area (Å²) < 4.78 is 0. The first-order valence-corrected chi connectivity index (χ1v) is 7.34. The Bertz CT molecular complexity index is 620. The second kappa shape index (κ2) is 5.04. The van der Waals surface area contributed by atoms with Crippen LogP contribution in [0.25, 0.3) is 0 Å². The summed E-state index contributed by atoms with van der Waals surface area (Å²) in [6, 6.07) is 17.4. The monoisotopic (exact) mass is 262 g/mol. The summed E-state index contributed by atoms with van der Waals surface area (Å²) in [4.78, 5) is 2.33. The smallest absolute Gasteiger partial charge is 0.0982 e. The summed E-state index contributed by atoms with van der Waals surface area (Å²) in [6.45, 7) is 5.65. The van der Waals surface area contributed by atoms with E-state index in [1.165, 1.54) is 22.3 Å². The molecule has 1 N–H and O–H groups in total. The van der Waals surface area contributed by atoms with Crippen molar-refractivity contribution in [2.24, 2.45) is 0 Å². The molecule has 2 heteroatoms. The zero-order valence-electron chi connectivity index (χ0n) is 11.5. The fourth-order valence-electron chi connectivity index (χ4n) is 3.25. The van der Waals surface area contributed by atoms with Crippen molar-refractivity contribution >= 4 is 0 Å². The van der Waals surface area contributed by atoms with Crippen molar-refractivity contribution in [3.63, 3.8) is 0 Å². The highest BCUT2D eigenvalue weighted by Crippen LogP contribution is 2.31. The number of nitrogens with one attached hydrogen (secondary N) is 1. The lowest BCUT2D eigenvalue weighted by molar-refractivity contribution is 0.202. The third kappa shape index (κ3) is 2.05. The minimum atomic E-state index is 0.272. The zero-order valence-corrected chi connectivity index (χ0v) is 11.5. The van der Waals surface area contributed by atoms with Crippen molar-refractivity contribution in [1.29, 1.82) is 0 Å². The van der Waals surface area contributed by atoms with Gasteiger partial charge in [-0.2, -0.15) is 0 Å². The standard InChI is InChI=1S/C18H18N2/c1-2-7-16-13-20(12-10-14(16)5-1)18-17-8-4-3-6-15(17)9-11-19-18/h1-8,18-19H,9-12H2. The van der Waals surface area contributed by atoms with E-state index in [4.69, 9.17) is 0 Å². The molecule has 2 heterocycles. The normalized spacial score (nSPS) is 22.1. The van der Waals surface area contributed by atoms with E-state index in [2.05, 4.69) is 65.3 Å². The lowest BCUT2D eigenvalue weighted by atomic mass is 9.94. The molecule has 0 saturated carbocycles. The average molecular weight is 262 g/mol. The number of rotatable bonds is 1. The molecule has 4 rings (SSSR count). The number of hydrogen-bond acceptors (Lipinski definition) is 2. The van der Waals surface area contributed by atoms with Gasteiger partial charge >= 0.3 is 0 Å². The van der Waals surface area contributed by atoms with Crippen molar-refractivity contribution in [3.8, 4) is 0 Å². The molecular formula is C18H18N2. The Labute approximate surface area is 120 Å². The Morgan fingerprint density at radius 3 is 2.70 bits per heavy atom. The lowest BCUT2D eigenvalue weighted by Gasteiger charge is -2.38. The van der Waals surface area contributed by atoms with Gasteiger partial charge in [0, 0.05) is 13.1 Å². The first kappa shape index (κ1) is 12.1. The van der Waals surface area contributed by atoms with Crippen LogP contribution in [0.4, 0.5) is 0 Å². The molecule has 0 bridgehead atoms. The zero-order chi connectivity index (χ0) is 13.4. The van der Waals surface area contributed by atoms with Gasteiger partial charge in [0.25, 0.3) is 0 Å². The fraction of sp³-hybridized carbons (Fsp3) is 0.278. The topological polar surface area (TPSA) is 15.3 Å². The Balaban J connectivity index is 1.64. The van der Waals surface area contributed by atoms with Crippen molar-refractivity contribution in [1.82, 2.24) is 10.2 Å². The lowest BCUT2D eigenvalue weighted by Crippen LogP contribution is -2.43. The molecule has 2 aromatic rings. The second-order valence-electron chi connectivity index (χ2n) is 5.52. The maximum absolute atomic E-state index is 3.64. The van der Waals surface area contributed by atoms with Gasteiger partial charge in [-0.15, -0.1) is 0 Å². The molecule has 0 saturated heterocycles. The van der Waals surface area contributed by atoms with Gasteiger partial charge in [-0.3, -0.25) is 10.2 Å². The predicted molar refractivity (Wildman–Crippen MR) is 80.1 cm³/mol. The van der Waals surface area contributed by atoms with Gasteiger partial charge in [0.1, 0.15) is 0 Å². The minimum Gasteiger partial charge on any atom is -0.298 e. The molecule has 2 aliphatic heterocycles. The Hall–Kier alpha value is -1.64. The van der Waals surface area contributed by atoms with E-state index in [-0.39, 0.29) is 6.17 Å². The van der Waals surface area contributed by atoms with Gasteiger partial charge in [-0.25, -0.2) is 0 Å². The molecule has 2 aliphatic rings. The van der Waals surface area contributed by atoms with Crippen molar-refractivity contribution < 1.29 is 0 Å². The van der Waals surface area contributed by atoms with Crippen LogP contribution in [0.2, 0.25) is 0 Å². The molecule has 2 aromatic carbocycles. The highest BCUT2D eigenvalue weighted by atomic mass is 15.3. The molecule has 1 atom stereocenters. The molecular weight excluding hydrogens is 244 g/mol. The summed E-state index contributed by atoms with van der Waals surface area (Å²) in [6.07, 6.45) is 2.49. The van der Waals surface area contributed by atoms with Crippen LogP contribution in [0, 0.1) is 6.54 Å². The van der Waals surface area contributed by atoms with Gasteiger partial charge in [0.2, 0.25) is 0 Å². The molecule has 0 aromatic heterocycles. The quantitative estimate of drug-likeness (QED) is 0.850. The summed E-state index contributed by atoms with van der Waals surface area (Å²) >= 11 is 0. The molecule has 2 radical (unpaired) electrons. The number of hydrogen-bond donors (Lipinski definition) is 1. The van der Waals surface area contributed by atoms with E-state index in [0.717, 1.165) is 25.9 Å². The number of fused-ring (bicyclic) bond motifs is 2. The Morgan fingerprint density at radius 1 is 0.950 bits per heavy atom. The van der Waals surface area contributed by atoms with E-state index in [9.17, 15) is 0 Å². The highest BCUT2D eigenvalue weighted by molar-refractivity contribution is 5.37. The van der Waals surface area contributed by atoms with E-state index < -0.39 is 0 Å². The molecule has 100 valence electrons. The molecule has 0 aliphatic carbocycles. The fourth-order valence-corrected chi connectivity index (χ4v) is 3.25. The summed E-state index contributed by atoms with van der Waals surface area (Å²) in [5.74, 6) is 0. The number of nitrogens with zero attached hydrogens (tertiary/aromatic N) is 1. The molecule has 0 spiro atoms. The van der Waals surface area contributed by atoms with E-state index >= 15 is 0 Å². The highest BCUT2D eigenvalue weighted by Gasteiger charge is 2.28. The van der Waals surface area contributed by atoms with Crippen LogP contribution < -0.4 is 5.32 Å². The van der Waals surface area contributed by atoms with Crippen LogP contribution >= 0.6 is 0 Å². The average Bonchev–Trinajstić information content (AvgIpc) is 2.54. The van der Waals surface area contributed by atoms with E-state index in [0.29, 0.717) is 0 Å². The van der Waals surface area contributed by atoms with Crippen molar-refractivity contribution in [3.05, 3.63) is 77.3 Å². The van der Waals surface area contributed by atoms with Crippen molar-refractivity contribution in [2.45, 2.75) is 19.0 Å². The van der Waals surface area contributed by atoms with Crippen LogP contribution in [0.3, 0.4) is 0 Å². The van der Waals surface area contributed by atoms with Gasteiger partial charge < -0.3 is 0 Å². The SMILES string of the molecule is [C]1c2ccccc2CCN1C1NCCc2ccccc21.